The molecule has 1 aromatic rings. The Bertz CT molecular complexity index is 408. The van der Waals surface area contributed by atoms with Crippen molar-refractivity contribution < 1.29 is 9.50 Å². The van der Waals surface area contributed by atoms with Crippen LogP contribution < -0.4 is 5.32 Å². The van der Waals surface area contributed by atoms with Crippen molar-refractivity contribution in [3.8, 4) is 5.75 Å². The number of halogens is 1. The Kier molecular flexibility index (Phi) is 3.52. The third-order valence-corrected chi connectivity index (χ3v) is 4.55. The maximum absolute atomic E-state index is 13.2. The lowest BCUT2D eigenvalue weighted by Crippen LogP contribution is -2.35. The summed E-state index contributed by atoms with van der Waals surface area (Å²) in [5.41, 5.74) is 1.07. The lowest BCUT2D eigenvalue weighted by molar-refractivity contribution is 0.358. The molecule has 0 aromatic heterocycles. The zero-order chi connectivity index (χ0) is 12.5. The van der Waals surface area contributed by atoms with Crippen molar-refractivity contribution in [2.45, 2.75) is 26.3 Å². The quantitative estimate of drug-likeness (QED) is 0.794. The number of hydrogen-bond donors (Lipinski definition) is 2. The third kappa shape index (κ3) is 3.28. The van der Waals surface area contributed by atoms with Crippen LogP contribution in [0.1, 0.15) is 20.3 Å². The van der Waals surface area contributed by atoms with Crippen molar-refractivity contribution in [3.63, 3.8) is 0 Å². The minimum absolute atomic E-state index is 0.297. The molecule has 1 aliphatic heterocycles. The van der Waals surface area contributed by atoms with E-state index >= 15 is 0 Å². The van der Waals surface area contributed by atoms with Gasteiger partial charge in [-0.05, 0) is 29.7 Å². The number of phenols is 1. The third-order valence-electron chi connectivity index (χ3n) is 2.93. The van der Waals surface area contributed by atoms with Crippen molar-refractivity contribution in [1.82, 2.24) is 0 Å². The number of phenolic OH excluding ortho intramolecular Hbond substituents is 1. The monoisotopic (exact) mass is 255 g/mol. The minimum atomic E-state index is -0.572. The summed E-state index contributed by atoms with van der Waals surface area (Å²) in [6.45, 7) is 4.51. The second-order valence-corrected chi connectivity index (χ2v) is 6.42. The van der Waals surface area contributed by atoms with Crippen molar-refractivity contribution in [2.24, 2.45) is 5.41 Å². The predicted octanol–water partition coefficient (Wildman–Crippen LogP) is 3.47. The van der Waals surface area contributed by atoms with Crippen LogP contribution in [0.4, 0.5) is 10.1 Å². The van der Waals surface area contributed by atoms with Crippen LogP contribution in [0.25, 0.3) is 0 Å². The van der Waals surface area contributed by atoms with Gasteiger partial charge in [0.1, 0.15) is 0 Å². The summed E-state index contributed by atoms with van der Waals surface area (Å²) in [5, 5.41) is 12.5. The first-order valence-electron chi connectivity index (χ1n) is 5.79. The molecule has 0 amide bonds. The summed E-state index contributed by atoms with van der Waals surface area (Å²) >= 11 is 1.93. The first-order chi connectivity index (χ1) is 7.96. The molecule has 0 bridgehead atoms. The summed E-state index contributed by atoms with van der Waals surface area (Å²) in [6, 6.07) is 4.82. The molecule has 94 valence electrons. The van der Waals surface area contributed by atoms with Crippen LogP contribution in [0.5, 0.6) is 5.75 Å². The summed E-state index contributed by atoms with van der Waals surface area (Å²) in [7, 11) is 0. The van der Waals surface area contributed by atoms with Crippen LogP contribution in [0.15, 0.2) is 18.2 Å². The van der Waals surface area contributed by atoms with Crippen LogP contribution in [-0.2, 0) is 0 Å². The highest BCUT2D eigenvalue weighted by Gasteiger charge is 2.28. The second kappa shape index (κ2) is 4.77. The topological polar surface area (TPSA) is 32.3 Å². The van der Waals surface area contributed by atoms with Crippen molar-refractivity contribution in [1.29, 1.82) is 0 Å². The smallest absolute Gasteiger partial charge is 0.166 e. The fourth-order valence-corrected chi connectivity index (χ4v) is 3.46. The predicted molar refractivity (Wildman–Crippen MR) is 71.2 cm³/mol. The number of thioether (sulfide) groups is 1. The van der Waals surface area contributed by atoms with Crippen LogP contribution in [0.3, 0.4) is 0 Å². The molecule has 17 heavy (non-hydrogen) atoms. The SMILES string of the molecule is CC1(C)CSCC(Nc2ccc(O)c(F)c2)C1. The van der Waals surface area contributed by atoms with Crippen LogP contribution in [0, 0.1) is 11.2 Å². The zero-order valence-corrected chi connectivity index (χ0v) is 11.0. The Hall–Kier alpha value is -0.900. The molecule has 1 aliphatic rings. The summed E-state index contributed by atoms with van der Waals surface area (Å²) in [5.74, 6) is 1.35. The van der Waals surface area contributed by atoms with Crippen molar-refractivity contribution in [2.75, 3.05) is 16.8 Å². The normalized spacial score (nSPS) is 23.4. The molecule has 2 rings (SSSR count). The number of benzene rings is 1. The largest absolute Gasteiger partial charge is 0.505 e. The van der Waals surface area contributed by atoms with Gasteiger partial charge in [-0.15, -0.1) is 0 Å². The molecular weight excluding hydrogens is 237 g/mol. The molecular formula is C13H18FNOS. The molecule has 1 unspecified atom stereocenters. The summed E-state index contributed by atoms with van der Waals surface area (Å²) in [4.78, 5) is 0. The minimum Gasteiger partial charge on any atom is -0.505 e. The maximum Gasteiger partial charge on any atom is 0.166 e. The van der Waals surface area contributed by atoms with Crippen LogP contribution in [-0.4, -0.2) is 22.7 Å². The van der Waals surface area contributed by atoms with E-state index in [4.69, 9.17) is 5.11 Å². The fraction of sp³-hybridized carbons (Fsp3) is 0.538. The molecule has 2 N–H and O–H groups in total. The van der Waals surface area contributed by atoms with Gasteiger partial charge in [0.05, 0.1) is 0 Å². The van der Waals surface area contributed by atoms with Gasteiger partial charge in [0.25, 0.3) is 0 Å². The van der Waals surface area contributed by atoms with E-state index in [1.54, 1.807) is 6.07 Å². The average molecular weight is 255 g/mol. The van der Waals surface area contributed by atoms with Gasteiger partial charge in [-0.3, -0.25) is 0 Å². The molecule has 1 saturated heterocycles. The highest BCUT2D eigenvalue weighted by atomic mass is 32.2. The van der Waals surface area contributed by atoms with Gasteiger partial charge in [-0.2, -0.15) is 11.8 Å². The van der Waals surface area contributed by atoms with Gasteiger partial charge in [0.15, 0.2) is 11.6 Å². The highest BCUT2D eigenvalue weighted by Crippen LogP contribution is 2.35. The highest BCUT2D eigenvalue weighted by molar-refractivity contribution is 7.99. The Morgan fingerprint density at radius 1 is 1.47 bits per heavy atom. The molecule has 1 aromatic carbocycles. The van der Waals surface area contributed by atoms with Crippen LogP contribution >= 0.6 is 11.8 Å². The Labute approximate surface area is 106 Å². The Balaban J connectivity index is 2.03. The van der Waals surface area contributed by atoms with Crippen molar-refractivity contribution >= 4 is 17.4 Å². The van der Waals surface area contributed by atoms with Crippen molar-refractivity contribution in [3.05, 3.63) is 24.0 Å². The second-order valence-electron chi connectivity index (χ2n) is 5.39. The molecule has 4 heteroatoms. The van der Waals surface area contributed by atoms with E-state index in [-0.39, 0.29) is 5.75 Å². The van der Waals surface area contributed by atoms with Gasteiger partial charge >= 0.3 is 0 Å². The summed E-state index contributed by atoms with van der Waals surface area (Å²) in [6.07, 6.45) is 1.09. The molecule has 0 spiro atoms. The molecule has 0 radical (unpaired) electrons. The Morgan fingerprint density at radius 2 is 2.24 bits per heavy atom. The standard InChI is InChI=1S/C13H18FNOS/c1-13(2)6-10(7-17-8-13)15-9-3-4-12(16)11(14)5-9/h3-5,10,15-16H,6-8H2,1-2H3. The molecule has 2 nitrogen and oxygen atoms in total. The van der Waals surface area contributed by atoms with Gasteiger partial charge in [0.2, 0.25) is 0 Å². The van der Waals surface area contributed by atoms with E-state index < -0.39 is 5.82 Å². The fourth-order valence-electron chi connectivity index (χ4n) is 2.19. The Morgan fingerprint density at radius 3 is 2.88 bits per heavy atom. The lowest BCUT2D eigenvalue weighted by Gasteiger charge is -2.35. The number of hydrogen-bond acceptors (Lipinski definition) is 3. The molecule has 1 fully saturated rings. The van der Waals surface area contributed by atoms with Gasteiger partial charge in [-0.1, -0.05) is 13.8 Å². The van der Waals surface area contributed by atoms with E-state index in [0.29, 0.717) is 11.5 Å². The van der Waals surface area contributed by atoms with Gasteiger partial charge in [-0.25, -0.2) is 4.39 Å². The van der Waals surface area contributed by atoms with E-state index in [9.17, 15) is 4.39 Å². The first kappa shape index (κ1) is 12.6. The molecule has 0 saturated carbocycles. The average Bonchev–Trinajstić information content (AvgIpc) is 2.22. The van der Waals surface area contributed by atoms with E-state index in [0.717, 1.165) is 17.9 Å². The first-order valence-corrected chi connectivity index (χ1v) is 6.94. The molecule has 0 aliphatic carbocycles. The van der Waals surface area contributed by atoms with Gasteiger partial charge < -0.3 is 10.4 Å². The lowest BCUT2D eigenvalue weighted by atomic mass is 9.88. The molecule has 1 heterocycles. The number of anilines is 1. The van der Waals surface area contributed by atoms with E-state index in [1.165, 1.54) is 17.9 Å². The summed E-state index contributed by atoms with van der Waals surface area (Å²) < 4.78 is 13.2. The molecule has 1 atom stereocenters. The number of nitrogens with one attached hydrogen (secondary N) is 1. The van der Waals surface area contributed by atoms with Gasteiger partial charge in [0, 0.05) is 23.5 Å². The number of rotatable bonds is 2. The number of aromatic hydroxyl groups is 1. The maximum atomic E-state index is 13.2. The van der Waals surface area contributed by atoms with Crippen LogP contribution in [0.2, 0.25) is 0 Å². The van der Waals surface area contributed by atoms with E-state index in [1.807, 2.05) is 11.8 Å². The zero-order valence-electron chi connectivity index (χ0n) is 10.2. The van der Waals surface area contributed by atoms with E-state index in [2.05, 4.69) is 19.2 Å².